The van der Waals surface area contributed by atoms with E-state index >= 15 is 0 Å². The second kappa shape index (κ2) is 6.70. The Bertz CT molecular complexity index is 728. The van der Waals surface area contributed by atoms with Crippen LogP contribution in [0.25, 0.3) is 11.0 Å². The third-order valence-electron chi connectivity index (χ3n) is 3.79. The fraction of sp³-hybridized carbons (Fsp3) is 0.375. The van der Waals surface area contributed by atoms with Gasteiger partial charge in [0, 0.05) is 19.2 Å². The lowest BCUT2D eigenvalue weighted by Gasteiger charge is -2.17. The van der Waals surface area contributed by atoms with Gasteiger partial charge < -0.3 is 15.8 Å². The smallest absolute Gasteiger partial charge is 0.249 e. The molecule has 120 valence electrons. The summed E-state index contributed by atoms with van der Waals surface area (Å²) in [4.78, 5) is 32.5. The van der Waals surface area contributed by atoms with Crippen LogP contribution in [-0.4, -0.2) is 40.5 Å². The molecule has 1 saturated heterocycles. The Labute approximate surface area is 133 Å². The highest BCUT2D eigenvalue weighted by Crippen LogP contribution is 2.13. The first-order valence-corrected chi connectivity index (χ1v) is 7.55. The van der Waals surface area contributed by atoms with Crippen LogP contribution in [0.15, 0.2) is 30.5 Å². The molecule has 23 heavy (non-hydrogen) atoms. The van der Waals surface area contributed by atoms with Crippen LogP contribution in [0.3, 0.4) is 0 Å². The summed E-state index contributed by atoms with van der Waals surface area (Å²) in [5.41, 5.74) is 7.51. The number of hydrogen-bond donors (Lipinski definition) is 2. The molecule has 0 spiro atoms. The molecule has 7 heteroatoms. The molecule has 7 nitrogen and oxygen atoms in total. The summed E-state index contributed by atoms with van der Waals surface area (Å²) in [7, 11) is 0. The summed E-state index contributed by atoms with van der Waals surface area (Å²) in [6.45, 7) is 0.565. The molecule has 2 amide bonds. The predicted molar refractivity (Wildman–Crippen MR) is 83.3 cm³/mol. The van der Waals surface area contributed by atoms with Gasteiger partial charge >= 0.3 is 0 Å². The lowest BCUT2D eigenvalue weighted by atomic mass is 10.1. The Morgan fingerprint density at radius 1 is 1.35 bits per heavy atom. The summed E-state index contributed by atoms with van der Waals surface area (Å²) in [6, 6.07) is 6.62. The van der Waals surface area contributed by atoms with E-state index < -0.39 is 18.1 Å². The van der Waals surface area contributed by atoms with Crippen molar-refractivity contribution in [1.29, 1.82) is 0 Å². The zero-order valence-corrected chi connectivity index (χ0v) is 12.6. The summed E-state index contributed by atoms with van der Waals surface area (Å²) in [6.07, 6.45) is 2.80. The molecule has 0 saturated carbocycles. The van der Waals surface area contributed by atoms with Gasteiger partial charge in [0.2, 0.25) is 11.8 Å². The molecule has 2 atom stereocenters. The van der Waals surface area contributed by atoms with Crippen LogP contribution < -0.4 is 11.1 Å². The van der Waals surface area contributed by atoms with Crippen molar-refractivity contribution < 1.29 is 14.3 Å². The Morgan fingerprint density at radius 3 is 2.83 bits per heavy atom. The Hall–Kier alpha value is -2.54. The predicted octanol–water partition coefficient (Wildman–Crippen LogP) is 0.321. The molecule has 1 aromatic heterocycles. The van der Waals surface area contributed by atoms with Gasteiger partial charge in [0.15, 0.2) is 0 Å². The number of aromatic nitrogens is 2. The first-order chi connectivity index (χ1) is 11.1. The van der Waals surface area contributed by atoms with Crippen LogP contribution in [0.1, 0.15) is 18.5 Å². The van der Waals surface area contributed by atoms with Crippen LogP contribution in [0.5, 0.6) is 0 Å². The van der Waals surface area contributed by atoms with Crippen molar-refractivity contribution in [3.63, 3.8) is 0 Å². The minimum absolute atomic E-state index is 0.200. The maximum atomic E-state index is 12.1. The Morgan fingerprint density at radius 2 is 2.13 bits per heavy atom. The van der Waals surface area contributed by atoms with Gasteiger partial charge in [-0.2, -0.15) is 0 Å². The number of carbonyl (C=O) groups is 2. The number of ether oxygens (including phenoxy) is 1. The van der Waals surface area contributed by atoms with Gasteiger partial charge in [0.25, 0.3) is 0 Å². The van der Waals surface area contributed by atoms with Gasteiger partial charge in [-0.1, -0.05) is 12.1 Å². The first kappa shape index (κ1) is 15.4. The van der Waals surface area contributed by atoms with Gasteiger partial charge in [-0.25, -0.2) is 4.98 Å². The second-order valence-electron chi connectivity index (χ2n) is 5.52. The fourth-order valence-electron chi connectivity index (χ4n) is 2.57. The minimum atomic E-state index is -0.831. The highest BCUT2D eigenvalue weighted by atomic mass is 16.5. The van der Waals surface area contributed by atoms with Crippen molar-refractivity contribution >= 4 is 22.8 Å². The molecule has 1 aliphatic rings. The molecule has 1 aliphatic heterocycles. The average molecular weight is 314 g/mol. The lowest BCUT2D eigenvalue weighted by Crippen LogP contribution is -2.49. The van der Waals surface area contributed by atoms with E-state index in [2.05, 4.69) is 15.3 Å². The standard InChI is InChI=1S/C16H18N4O3/c17-15(21)13(20-16(22)14-6-3-7-23-14)8-10-9-18-11-4-1-2-5-12(11)19-10/h1-2,4-5,9,13-14H,3,6-8H2,(H2,17,21)(H,20,22)/t13-,14-/m0/s1. The van der Waals surface area contributed by atoms with Gasteiger partial charge in [-0.3, -0.25) is 14.6 Å². The average Bonchev–Trinajstić information content (AvgIpc) is 3.08. The molecule has 3 N–H and O–H groups in total. The second-order valence-corrected chi connectivity index (χ2v) is 5.52. The van der Waals surface area contributed by atoms with Crippen molar-refractivity contribution in [2.45, 2.75) is 31.4 Å². The molecule has 0 aliphatic carbocycles. The van der Waals surface area contributed by atoms with E-state index in [0.717, 1.165) is 17.5 Å². The molecule has 1 aromatic carbocycles. The number of para-hydroxylation sites is 2. The van der Waals surface area contributed by atoms with E-state index in [0.29, 0.717) is 18.7 Å². The van der Waals surface area contributed by atoms with Crippen LogP contribution >= 0.6 is 0 Å². The van der Waals surface area contributed by atoms with Crippen molar-refractivity contribution in [2.24, 2.45) is 5.73 Å². The molecule has 0 radical (unpaired) electrons. The summed E-state index contributed by atoms with van der Waals surface area (Å²) < 4.78 is 5.31. The summed E-state index contributed by atoms with van der Waals surface area (Å²) >= 11 is 0. The number of nitrogens with zero attached hydrogens (tertiary/aromatic N) is 2. The third-order valence-corrected chi connectivity index (χ3v) is 3.79. The number of hydrogen-bond acceptors (Lipinski definition) is 5. The largest absolute Gasteiger partial charge is 0.368 e. The fourth-order valence-corrected chi connectivity index (χ4v) is 2.57. The van der Waals surface area contributed by atoms with Gasteiger partial charge in [-0.05, 0) is 25.0 Å². The Kier molecular flexibility index (Phi) is 4.47. The Balaban J connectivity index is 1.72. The maximum Gasteiger partial charge on any atom is 0.249 e. The van der Waals surface area contributed by atoms with Crippen molar-refractivity contribution in [3.05, 3.63) is 36.2 Å². The van der Waals surface area contributed by atoms with E-state index in [1.165, 1.54) is 0 Å². The number of nitrogens with two attached hydrogens (primary N) is 1. The number of amides is 2. The number of carbonyl (C=O) groups excluding carboxylic acids is 2. The topological polar surface area (TPSA) is 107 Å². The SMILES string of the molecule is NC(=O)[C@H](Cc1cnc2ccccc2n1)NC(=O)[C@@H]1CCCO1. The minimum Gasteiger partial charge on any atom is -0.368 e. The lowest BCUT2D eigenvalue weighted by molar-refractivity contribution is -0.133. The van der Waals surface area contributed by atoms with E-state index in [9.17, 15) is 9.59 Å². The summed E-state index contributed by atoms with van der Waals surface area (Å²) in [5.74, 6) is -0.911. The number of nitrogens with one attached hydrogen (secondary N) is 1. The van der Waals surface area contributed by atoms with Crippen molar-refractivity contribution in [3.8, 4) is 0 Å². The zero-order valence-electron chi connectivity index (χ0n) is 12.6. The van der Waals surface area contributed by atoms with E-state index in [1.807, 2.05) is 24.3 Å². The van der Waals surface area contributed by atoms with E-state index in [1.54, 1.807) is 6.20 Å². The molecule has 0 unspecified atom stereocenters. The van der Waals surface area contributed by atoms with E-state index in [4.69, 9.17) is 10.5 Å². The highest BCUT2D eigenvalue weighted by molar-refractivity contribution is 5.88. The van der Waals surface area contributed by atoms with Crippen LogP contribution in [0.4, 0.5) is 0 Å². The quantitative estimate of drug-likeness (QED) is 0.826. The summed E-state index contributed by atoms with van der Waals surface area (Å²) in [5, 5.41) is 2.65. The third kappa shape index (κ3) is 3.62. The molecule has 1 fully saturated rings. The molecule has 3 rings (SSSR count). The van der Waals surface area contributed by atoms with Gasteiger partial charge in [0.05, 0.1) is 16.7 Å². The monoisotopic (exact) mass is 314 g/mol. The number of primary amides is 1. The van der Waals surface area contributed by atoms with Crippen LogP contribution in [-0.2, 0) is 20.7 Å². The van der Waals surface area contributed by atoms with Crippen molar-refractivity contribution in [2.75, 3.05) is 6.61 Å². The molecule has 2 aromatic rings. The van der Waals surface area contributed by atoms with Gasteiger partial charge in [-0.15, -0.1) is 0 Å². The normalized spacial score (nSPS) is 18.7. The first-order valence-electron chi connectivity index (χ1n) is 7.55. The molecular formula is C16H18N4O3. The van der Waals surface area contributed by atoms with Crippen LogP contribution in [0.2, 0.25) is 0 Å². The number of benzene rings is 1. The maximum absolute atomic E-state index is 12.1. The molecular weight excluding hydrogens is 296 g/mol. The zero-order chi connectivity index (χ0) is 16.2. The van der Waals surface area contributed by atoms with Gasteiger partial charge in [0.1, 0.15) is 12.1 Å². The highest BCUT2D eigenvalue weighted by Gasteiger charge is 2.27. The number of fused-ring (bicyclic) bond motifs is 1. The van der Waals surface area contributed by atoms with Crippen molar-refractivity contribution in [1.82, 2.24) is 15.3 Å². The molecule has 0 bridgehead atoms. The molecule has 2 heterocycles. The number of rotatable bonds is 5. The van der Waals surface area contributed by atoms with Crippen LogP contribution in [0, 0.1) is 0 Å². The van der Waals surface area contributed by atoms with E-state index in [-0.39, 0.29) is 12.3 Å².